The summed E-state index contributed by atoms with van der Waals surface area (Å²) in [7, 11) is 1.44. The van der Waals surface area contributed by atoms with Gasteiger partial charge in [0.25, 0.3) is 0 Å². The first-order valence-electron chi connectivity index (χ1n) is 6.58. The minimum atomic E-state index is -0.401. The zero-order chi connectivity index (χ0) is 15.2. The summed E-state index contributed by atoms with van der Waals surface area (Å²) in [6.45, 7) is 3.99. The maximum atomic E-state index is 13.6. The molecular formula is C17H18FNO2. The van der Waals surface area contributed by atoms with Gasteiger partial charge in [-0.05, 0) is 47.9 Å². The molecule has 2 rings (SSSR count). The number of methoxy groups -OCH3 is 1. The lowest BCUT2D eigenvalue weighted by molar-refractivity contribution is 0.302. The summed E-state index contributed by atoms with van der Waals surface area (Å²) >= 11 is 0. The number of hydrogen-bond acceptors (Lipinski definition) is 3. The Morgan fingerprint density at radius 1 is 1.19 bits per heavy atom. The minimum absolute atomic E-state index is 0.221. The molecule has 0 amide bonds. The number of benzene rings is 2. The molecule has 0 saturated carbocycles. The summed E-state index contributed by atoms with van der Waals surface area (Å²) in [6.07, 6.45) is 2.45. The van der Waals surface area contributed by atoms with Crippen LogP contribution in [0.15, 0.2) is 49.1 Å². The molecule has 0 aliphatic heterocycles. The van der Waals surface area contributed by atoms with Crippen molar-refractivity contribution in [3.63, 3.8) is 0 Å². The molecule has 0 bridgehead atoms. The maximum absolute atomic E-state index is 13.6. The molecule has 0 fully saturated rings. The summed E-state index contributed by atoms with van der Waals surface area (Å²) in [5.41, 5.74) is 8.13. The molecule has 0 aliphatic carbocycles. The summed E-state index contributed by atoms with van der Waals surface area (Å²) in [5, 5.41) is 0. The topological polar surface area (TPSA) is 44.5 Å². The van der Waals surface area contributed by atoms with E-state index < -0.39 is 5.82 Å². The average Bonchev–Trinajstić information content (AvgIpc) is 2.47. The van der Waals surface area contributed by atoms with Gasteiger partial charge in [-0.25, -0.2) is 4.39 Å². The molecule has 0 spiro atoms. The Kier molecular flexibility index (Phi) is 4.82. The molecule has 0 aromatic heterocycles. The monoisotopic (exact) mass is 287 g/mol. The lowest BCUT2D eigenvalue weighted by Gasteiger charge is -2.12. The molecule has 0 aliphatic rings. The predicted octanol–water partition coefficient (Wildman–Crippen LogP) is 3.72. The van der Waals surface area contributed by atoms with Crippen molar-refractivity contribution in [1.82, 2.24) is 0 Å². The molecule has 4 heteroatoms. The highest BCUT2D eigenvalue weighted by atomic mass is 19.1. The molecule has 0 radical (unpaired) electrons. The standard InChI is InChI=1S/C17H18FNO2/c1-3-4-13-10-14(19)6-8-16(13)21-11-12-5-7-17(20-2)15(18)9-12/h3,5-10H,1,4,11,19H2,2H3. The molecule has 2 aromatic rings. The number of anilines is 1. The van der Waals surface area contributed by atoms with Crippen LogP contribution in [0.2, 0.25) is 0 Å². The van der Waals surface area contributed by atoms with Crippen molar-refractivity contribution in [2.75, 3.05) is 12.8 Å². The summed E-state index contributed by atoms with van der Waals surface area (Å²) in [6, 6.07) is 10.2. The third-order valence-electron chi connectivity index (χ3n) is 3.06. The third-order valence-corrected chi connectivity index (χ3v) is 3.06. The number of ether oxygens (including phenoxy) is 2. The van der Waals surface area contributed by atoms with Gasteiger partial charge in [0.2, 0.25) is 0 Å². The van der Waals surface area contributed by atoms with Crippen molar-refractivity contribution in [1.29, 1.82) is 0 Å². The van der Waals surface area contributed by atoms with Gasteiger partial charge in [0.1, 0.15) is 12.4 Å². The molecule has 3 nitrogen and oxygen atoms in total. The fourth-order valence-electron chi connectivity index (χ4n) is 2.02. The van der Waals surface area contributed by atoms with Gasteiger partial charge in [0.05, 0.1) is 7.11 Å². The molecule has 21 heavy (non-hydrogen) atoms. The fraction of sp³-hybridized carbons (Fsp3) is 0.176. The molecule has 0 unspecified atom stereocenters. The van der Waals surface area contributed by atoms with Gasteiger partial charge in [-0.1, -0.05) is 12.1 Å². The number of allylic oxidation sites excluding steroid dienone is 1. The van der Waals surface area contributed by atoms with Crippen LogP contribution in [-0.2, 0) is 13.0 Å². The van der Waals surface area contributed by atoms with Crippen LogP contribution in [0, 0.1) is 5.82 Å². The third kappa shape index (κ3) is 3.75. The van der Waals surface area contributed by atoms with E-state index in [9.17, 15) is 4.39 Å². The van der Waals surface area contributed by atoms with E-state index in [0.29, 0.717) is 12.1 Å². The first-order chi connectivity index (χ1) is 10.1. The zero-order valence-corrected chi connectivity index (χ0v) is 11.9. The number of nitrogens with two attached hydrogens (primary N) is 1. The van der Waals surface area contributed by atoms with Crippen LogP contribution in [0.5, 0.6) is 11.5 Å². The SMILES string of the molecule is C=CCc1cc(N)ccc1OCc1ccc(OC)c(F)c1. The normalized spacial score (nSPS) is 10.2. The second-order valence-corrected chi connectivity index (χ2v) is 4.62. The number of hydrogen-bond donors (Lipinski definition) is 1. The maximum Gasteiger partial charge on any atom is 0.165 e. The molecule has 110 valence electrons. The van der Waals surface area contributed by atoms with Crippen LogP contribution in [-0.4, -0.2) is 7.11 Å². The average molecular weight is 287 g/mol. The van der Waals surface area contributed by atoms with Crippen molar-refractivity contribution in [2.45, 2.75) is 13.0 Å². The van der Waals surface area contributed by atoms with Crippen molar-refractivity contribution >= 4 is 5.69 Å². The molecular weight excluding hydrogens is 269 g/mol. The van der Waals surface area contributed by atoms with Crippen molar-refractivity contribution in [3.05, 3.63) is 66.0 Å². The lowest BCUT2D eigenvalue weighted by Crippen LogP contribution is -2.00. The Morgan fingerprint density at radius 3 is 2.62 bits per heavy atom. The summed E-state index contributed by atoms with van der Waals surface area (Å²) in [4.78, 5) is 0. The van der Waals surface area contributed by atoms with Crippen molar-refractivity contribution in [2.24, 2.45) is 0 Å². The molecule has 0 heterocycles. The van der Waals surface area contributed by atoms with E-state index in [1.165, 1.54) is 13.2 Å². The lowest BCUT2D eigenvalue weighted by atomic mass is 10.1. The van der Waals surface area contributed by atoms with E-state index in [0.717, 1.165) is 16.9 Å². The Hall–Kier alpha value is -2.49. The van der Waals surface area contributed by atoms with Gasteiger partial charge in [0, 0.05) is 5.69 Å². The van der Waals surface area contributed by atoms with E-state index in [1.807, 2.05) is 12.1 Å². The van der Waals surface area contributed by atoms with Crippen LogP contribution in [0.4, 0.5) is 10.1 Å². The Labute approximate surface area is 123 Å². The second kappa shape index (κ2) is 6.79. The molecule has 2 aromatic carbocycles. The van der Waals surface area contributed by atoms with Gasteiger partial charge in [-0.3, -0.25) is 0 Å². The number of rotatable bonds is 6. The number of halogens is 1. The van der Waals surface area contributed by atoms with Gasteiger partial charge in [-0.2, -0.15) is 0 Å². The highest BCUT2D eigenvalue weighted by Crippen LogP contribution is 2.24. The second-order valence-electron chi connectivity index (χ2n) is 4.62. The first-order valence-corrected chi connectivity index (χ1v) is 6.58. The van der Waals surface area contributed by atoms with Crippen LogP contribution < -0.4 is 15.2 Å². The largest absolute Gasteiger partial charge is 0.494 e. The van der Waals surface area contributed by atoms with E-state index in [4.69, 9.17) is 15.2 Å². The zero-order valence-electron chi connectivity index (χ0n) is 11.9. The van der Waals surface area contributed by atoms with E-state index in [1.54, 1.807) is 24.3 Å². The Bertz CT molecular complexity index is 641. The quantitative estimate of drug-likeness (QED) is 0.650. The predicted molar refractivity (Wildman–Crippen MR) is 82.0 cm³/mol. The number of nitrogen functional groups attached to an aromatic ring is 1. The van der Waals surface area contributed by atoms with Gasteiger partial charge in [-0.15, -0.1) is 6.58 Å². The van der Waals surface area contributed by atoms with Gasteiger partial charge < -0.3 is 15.2 Å². The van der Waals surface area contributed by atoms with Gasteiger partial charge in [0.15, 0.2) is 11.6 Å². The van der Waals surface area contributed by atoms with Crippen LogP contribution in [0.3, 0.4) is 0 Å². The molecule has 0 saturated heterocycles. The Balaban J connectivity index is 2.12. The van der Waals surface area contributed by atoms with Crippen LogP contribution in [0.25, 0.3) is 0 Å². The summed E-state index contributed by atoms with van der Waals surface area (Å²) in [5.74, 6) is 0.543. The van der Waals surface area contributed by atoms with Crippen molar-refractivity contribution < 1.29 is 13.9 Å². The Morgan fingerprint density at radius 2 is 1.95 bits per heavy atom. The first kappa shape index (κ1) is 14.9. The summed E-state index contributed by atoms with van der Waals surface area (Å²) < 4.78 is 24.3. The smallest absolute Gasteiger partial charge is 0.165 e. The fourth-order valence-corrected chi connectivity index (χ4v) is 2.02. The highest BCUT2D eigenvalue weighted by Gasteiger charge is 2.06. The van der Waals surface area contributed by atoms with Crippen LogP contribution >= 0.6 is 0 Å². The van der Waals surface area contributed by atoms with Crippen molar-refractivity contribution in [3.8, 4) is 11.5 Å². The van der Waals surface area contributed by atoms with Crippen LogP contribution in [0.1, 0.15) is 11.1 Å². The molecule has 0 atom stereocenters. The van der Waals surface area contributed by atoms with E-state index in [2.05, 4.69) is 6.58 Å². The minimum Gasteiger partial charge on any atom is -0.494 e. The van der Waals surface area contributed by atoms with E-state index in [-0.39, 0.29) is 12.4 Å². The van der Waals surface area contributed by atoms with Gasteiger partial charge >= 0.3 is 0 Å². The van der Waals surface area contributed by atoms with E-state index >= 15 is 0 Å². The molecule has 2 N–H and O–H groups in total. The highest BCUT2D eigenvalue weighted by molar-refractivity contribution is 5.48.